The Morgan fingerprint density at radius 2 is 2.09 bits per heavy atom. The van der Waals surface area contributed by atoms with E-state index in [4.69, 9.17) is 5.73 Å². The van der Waals surface area contributed by atoms with Crippen molar-refractivity contribution in [3.63, 3.8) is 0 Å². The van der Waals surface area contributed by atoms with E-state index in [0.29, 0.717) is 24.1 Å². The second-order valence-electron chi connectivity index (χ2n) is 6.19. The fourth-order valence-electron chi connectivity index (χ4n) is 2.94. The minimum absolute atomic E-state index is 0.0439. The number of alkyl halides is 1. The molecule has 2 unspecified atom stereocenters. The van der Waals surface area contributed by atoms with Crippen molar-refractivity contribution in [3.05, 3.63) is 11.3 Å². The third kappa shape index (κ3) is 4.37. The van der Waals surface area contributed by atoms with Gasteiger partial charge >= 0.3 is 0 Å². The van der Waals surface area contributed by atoms with E-state index in [2.05, 4.69) is 4.99 Å². The minimum Gasteiger partial charge on any atom is -0.394 e. The molecule has 3 N–H and O–H groups in total. The van der Waals surface area contributed by atoms with E-state index in [1.807, 2.05) is 0 Å². The first-order valence-corrected chi connectivity index (χ1v) is 8.03. The molecule has 128 valence electrons. The third-order valence-corrected chi connectivity index (χ3v) is 4.28. The molecule has 0 radical (unpaired) electrons. The largest absolute Gasteiger partial charge is 0.394 e. The van der Waals surface area contributed by atoms with Crippen LogP contribution in [0.1, 0.15) is 39.0 Å². The van der Waals surface area contributed by atoms with Crippen LogP contribution >= 0.6 is 0 Å². The molecule has 0 aromatic rings. The second-order valence-corrected chi connectivity index (χ2v) is 6.19. The number of aliphatic hydroxyl groups excluding tert-OH is 1. The SMILES string of the molecule is CC(=O)CN=C1CCCC/C1=C(/N)C(=O)N1CCC(O)C(F)C1. The topological polar surface area (TPSA) is 96.0 Å². The molecular weight excluding hydrogens is 301 g/mol. The third-order valence-electron chi connectivity index (χ3n) is 4.28. The highest BCUT2D eigenvalue weighted by atomic mass is 19.1. The Kier molecular flexibility index (Phi) is 5.87. The molecule has 2 aliphatic rings. The number of rotatable bonds is 3. The molecule has 0 aromatic carbocycles. The Morgan fingerprint density at radius 3 is 2.74 bits per heavy atom. The lowest BCUT2D eigenvalue weighted by Crippen LogP contribution is -2.48. The Morgan fingerprint density at radius 1 is 1.39 bits per heavy atom. The maximum atomic E-state index is 13.6. The van der Waals surface area contributed by atoms with E-state index in [9.17, 15) is 19.1 Å². The van der Waals surface area contributed by atoms with Crippen molar-refractivity contribution in [1.29, 1.82) is 0 Å². The predicted molar refractivity (Wildman–Crippen MR) is 84.8 cm³/mol. The van der Waals surface area contributed by atoms with Crippen molar-refractivity contribution in [3.8, 4) is 0 Å². The van der Waals surface area contributed by atoms with Crippen LogP contribution in [0.3, 0.4) is 0 Å². The maximum absolute atomic E-state index is 13.6. The lowest BCUT2D eigenvalue weighted by atomic mass is 9.90. The van der Waals surface area contributed by atoms with Gasteiger partial charge < -0.3 is 15.7 Å². The van der Waals surface area contributed by atoms with Gasteiger partial charge in [0.1, 0.15) is 11.9 Å². The highest BCUT2D eigenvalue weighted by Crippen LogP contribution is 2.24. The predicted octanol–water partition coefficient (Wildman–Crippen LogP) is 0.735. The first-order chi connectivity index (χ1) is 10.9. The van der Waals surface area contributed by atoms with E-state index >= 15 is 0 Å². The van der Waals surface area contributed by atoms with Gasteiger partial charge in [0.25, 0.3) is 5.91 Å². The molecule has 1 heterocycles. The van der Waals surface area contributed by atoms with Crippen LogP contribution in [0.15, 0.2) is 16.3 Å². The standard InChI is InChI=1S/C16H24FN3O3/c1-10(21)8-19-13-5-3-2-4-11(13)15(18)16(23)20-7-6-14(22)12(17)9-20/h12,14,22H,2-9,18H2,1H3/b15-11-,19-13?. The summed E-state index contributed by atoms with van der Waals surface area (Å²) in [7, 11) is 0. The molecule has 23 heavy (non-hydrogen) atoms. The minimum atomic E-state index is -1.44. The summed E-state index contributed by atoms with van der Waals surface area (Å²) in [5.41, 5.74) is 7.53. The zero-order valence-corrected chi connectivity index (χ0v) is 13.4. The molecule has 1 saturated heterocycles. The van der Waals surface area contributed by atoms with Crippen LogP contribution in [0, 0.1) is 0 Å². The first-order valence-electron chi connectivity index (χ1n) is 8.03. The number of ketones is 1. The number of carbonyl (C=O) groups excluding carboxylic acids is 2. The zero-order chi connectivity index (χ0) is 17.0. The highest BCUT2D eigenvalue weighted by molar-refractivity contribution is 6.08. The molecular formula is C16H24FN3O3. The van der Waals surface area contributed by atoms with Gasteiger partial charge in [-0.3, -0.25) is 14.6 Å². The van der Waals surface area contributed by atoms with E-state index in [1.165, 1.54) is 11.8 Å². The van der Waals surface area contributed by atoms with E-state index in [0.717, 1.165) is 12.8 Å². The number of likely N-dealkylation sites (tertiary alicyclic amines) is 1. The summed E-state index contributed by atoms with van der Waals surface area (Å²) in [6, 6.07) is 0. The number of aliphatic hydroxyl groups is 1. The summed E-state index contributed by atoms with van der Waals surface area (Å²) in [6.07, 6.45) is 0.945. The Balaban J connectivity index is 2.18. The molecule has 2 fully saturated rings. The molecule has 0 aromatic heterocycles. The second kappa shape index (κ2) is 7.68. The summed E-state index contributed by atoms with van der Waals surface area (Å²) in [4.78, 5) is 29.3. The normalized spacial score (nSPS) is 29.5. The van der Waals surface area contributed by atoms with Crippen LogP contribution in [-0.4, -0.2) is 59.3 Å². The quantitative estimate of drug-likeness (QED) is 0.748. The molecule has 6 nitrogen and oxygen atoms in total. The molecule has 0 spiro atoms. The molecule has 2 atom stereocenters. The molecule has 2 rings (SSSR count). The summed E-state index contributed by atoms with van der Waals surface area (Å²) in [6.45, 7) is 1.69. The molecule has 1 aliphatic heterocycles. The maximum Gasteiger partial charge on any atom is 0.270 e. The number of Topliss-reactive ketones (excluding diaryl/α,β-unsaturated/α-hetero) is 1. The van der Waals surface area contributed by atoms with Gasteiger partial charge in [0, 0.05) is 17.8 Å². The van der Waals surface area contributed by atoms with Crippen molar-refractivity contribution in [2.24, 2.45) is 10.7 Å². The fraction of sp³-hybridized carbons (Fsp3) is 0.688. The van der Waals surface area contributed by atoms with E-state index in [-0.39, 0.29) is 37.5 Å². The van der Waals surface area contributed by atoms with Gasteiger partial charge in [-0.15, -0.1) is 0 Å². The van der Waals surface area contributed by atoms with Crippen LogP contribution in [0.4, 0.5) is 4.39 Å². The molecule has 1 saturated carbocycles. The van der Waals surface area contributed by atoms with Gasteiger partial charge in [-0.05, 0) is 39.0 Å². The van der Waals surface area contributed by atoms with E-state index < -0.39 is 18.2 Å². The summed E-state index contributed by atoms with van der Waals surface area (Å²) < 4.78 is 13.6. The highest BCUT2D eigenvalue weighted by Gasteiger charge is 2.32. The van der Waals surface area contributed by atoms with Gasteiger partial charge in [0.2, 0.25) is 0 Å². The number of nitrogens with zero attached hydrogens (tertiary/aromatic N) is 2. The molecule has 1 aliphatic carbocycles. The van der Waals surface area contributed by atoms with Gasteiger partial charge in [0.15, 0.2) is 5.78 Å². The smallest absolute Gasteiger partial charge is 0.270 e. The number of nitrogens with two attached hydrogens (primary N) is 1. The molecule has 0 bridgehead atoms. The number of carbonyl (C=O) groups is 2. The Hall–Kier alpha value is -1.76. The summed E-state index contributed by atoms with van der Waals surface area (Å²) in [5, 5.41) is 9.42. The first kappa shape index (κ1) is 17.6. The zero-order valence-electron chi connectivity index (χ0n) is 13.4. The summed E-state index contributed by atoms with van der Waals surface area (Å²) in [5.74, 6) is -0.454. The van der Waals surface area contributed by atoms with Crippen LogP contribution in [0.2, 0.25) is 0 Å². The average molecular weight is 325 g/mol. The van der Waals surface area contributed by atoms with Crippen LogP contribution in [0.5, 0.6) is 0 Å². The fourth-order valence-corrected chi connectivity index (χ4v) is 2.94. The Bertz CT molecular complexity index is 545. The van der Waals surface area contributed by atoms with Gasteiger partial charge in [-0.2, -0.15) is 0 Å². The van der Waals surface area contributed by atoms with Crippen molar-refractivity contribution in [2.45, 2.75) is 51.3 Å². The number of amides is 1. The monoisotopic (exact) mass is 325 g/mol. The van der Waals surface area contributed by atoms with Crippen molar-refractivity contribution < 1.29 is 19.1 Å². The lowest BCUT2D eigenvalue weighted by Gasteiger charge is -2.33. The molecule has 7 heteroatoms. The lowest BCUT2D eigenvalue weighted by molar-refractivity contribution is -0.131. The Labute approximate surface area is 135 Å². The van der Waals surface area contributed by atoms with Crippen molar-refractivity contribution in [1.82, 2.24) is 4.90 Å². The van der Waals surface area contributed by atoms with Crippen molar-refractivity contribution >= 4 is 17.4 Å². The van der Waals surface area contributed by atoms with Gasteiger partial charge in [0.05, 0.1) is 19.2 Å². The molecule has 1 amide bonds. The van der Waals surface area contributed by atoms with E-state index in [1.54, 1.807) is 0 Å². The number of aliphatic imine (C=N–C) groups is 1. The summed E-state index contributed by atoms with van der Waals surface area (Å²) >= 11 is 0. The number of piperidine rings is 1. The van der Waals surface area contributed by atoms with Gasteiger partial charge in [-0.25, -0.2) is 4.39 Å². The van der Waals surface area contributed by atoms with Crippen LogP contribution < -0.4 is 5.73 Å². The number of hydrogen-bond acceptors (Lipinski definition) is 5. The van der Waals surface area contributed by atoms with Crippen LogP contribution in [-0.2, 0) is 9.59 Å². The van der Waals surface area contributed by atoms with Crippen LogP contribution in [0.25, 0.3) is 0 Å². The van der Waals surface area contributed by atoms with Gasteiger partial charge in [-0.1, -0.05) is 0 Å². The number of hydrogen-bond donors (Lipinski definition) is 2. The number of allylic oxidation sites excluding steroid dienone is 1. The number of halogens is 1. The van der Waals surface area contributed by atoms with Crippen molar-refractivity contribution in [2.75, 3.05) is 19.6 Å². The average Bonchev–Trinajstić information content (AvgIpc) is 2.54.